The van der Waals surface area contributed by atoms with E-state index in [0.717, 1.165) is 0 Å². The minimum Gasteiger partial charge on any atom is -0.497 e. The van der Waals surface area contributed by atoms with Gasteiger partial charge in [-0.1, -0.05) is 0 Å². The van der Waals surface area contributed by atoms with E-state index in [4.69, 9.17) is 19.9 Å². The van der Waals surface area contributed by atoms with Gasteiger partial charge < -0.3 is 19.9 Å². The molecule has 0 saturated heterocycles. The average Bonchev–Trinajstić information content (AvgIpc) is 2.25. The summed E-state index contributed by atoms with van der Waals surface area (Å²) in [7, 11) is 1.55. The summed E-state index contributed by atoms with van der Waals surface area (Å²) in [5.74, 6) is 0.899. The Morgan fingerprint density at radius 2 is 1.84 bits per heavy atom. The molecule has 0 atom stereocenters. The van der Waals surface area contributed by atoms with E-state index < -0.39 is 5.60 Å². The van der Waals surface area contributed by atoms with Gasteiger partial charge in [-0.2, -0.15) is 0 Å². The van der Waals surface area contributed by atoms with Crippen LogP contribution in [0.15, 0.2) is 18.2 Å². The molecule has 0 aliphatic rings. The molecule has 106 valence electrons. The Morgan fingerprint density at radius 1 is 1.21 bits per heavy atom. The molecule has 1 aromatic carbocycles. The van der Waals surface area contributed by atoms with Crippen LogP contribution in [0.25, 0.3) is 0 Å². The first kappa shape index (κ1) is 15.1. The Labute approximate surface area is 113 Å². The van der Waals surface area contributed by atoms with Crippen LogP contribution in [-0.2, 0) is 9.53 Å². The molecule has 0 aliphatic heterocycles. The summed E-state index contributed by atoms with van der Waals surface area (Å²) in [6.45, 7) is 5.72. The molecule has 0 heterocycles. The summed E-state index contributed by atoms with van der Waals surface area (Å²) >= 11 is 0. The first-order chi connectivity index (χ1) is 8.80. The SMILES string of the molecule is COc1cc(N)cc(OCCC(=O)OC(C)(C)C)c1. The van der Waals surface area contributed by atoms with Gasteiger partial charge in [-0.25, -0.2) is 0 Å². The lowest BCUT2D eigenvalue weighted by Crippen LogP contribution is -2.24. The molecule has 2 N–H and O–H groups in total. The molecule has 0 spiro atoms. The van der Waals surface area contributed by atoms with Crippen LogP contribution in [-0.4, -0.2) is 25.3 Å². The number of methoxy groups -OCH3 is 1. The Hall–Kier alpha value is -1.91. The largest absolute Gasteiger partial charge is 0.497 e. The van der Waals surface area contributed by atoms with Crippen LogP contribution in [0.4, 0.5) is 5.69 Å². The minimum absolute atomic E-state index is 0.189. The highest BCUT2D eigenvalue weighted by Gasteiger charge is 2.16. The second kappa shape index (κ2) is 6.31. The van der Waals surface area contributed by atoms with Crippen molar-refractivity contribution < 1.29 is 19.0 Å². The van der Waals surface area contributed by atoms with E-state index in [1.807, 2.05) is 20.8 Å². The molecule has 0 aliphatic carbocycles. The van der Waals surface area contributed by atoms with E-state index >= 15 is 0 Å². The van der Waals surface area contributed by atoms with Gasteiger partial charge in [-0.05, 0) is 20.8 Å². The predicted octanol–water partition coefficient (Wildman–Crippen LogP) is 2.39. The summed E-state index contributed by atoms with van der Waals surface area (Å²) in [6.07, 6.45) is 0.189. The summed E-state index contributed by atoms with van der Waals surface area (Å²) in [5.41, 5.74) is 5.77. The number of rotatable bonds is 5. The number of nitrogen functional groups attached to an aromatic ring is 1. The molecule has 0 amide bonds. The molecule has 1 aromatic rings. The molecule has 5 nitrogen and oxygen atoms in total. The number of nitrogens with two attached hydrogens (primary N) is 1. The van der Waals surface area contributed by atoms with Crippen molar-refractivity contribution in [2.24, 2.45) is 0 Å². The molecule has 0 fully saturated rings. The zero-order valence-electron chi connectivity index (χ0n) is 11.9. The second-order valence-corrected chi connectivity index (χ2v) is 5.13. The van der Waals surface area contributed by atoms with Gasteiger partial charge in [0.05, 0.1) is 20.1 Å². The van der Waals surface area contributed by atoms with Crippen molar-refractivity contribution in [1.29, 1.82) is 0 Å². The molecule has 0 radical (unpaired) electrons. The van der Waals surface area contributed by atoms with E-state index in [1.165, 1.54) is 0 Å². The lowest BCUT2D eigenvalue weighted by Gasteiger charge is -2.19. The quantitative estimate of drug-likeness (QED) is 0.655. The van der Waals surface area contributed by atoms with Gasteiger partial charge in [0.1, 0.15) is 17.1 Å². The van der Waals surface area contributed by atoms with Crippen LogP contribution < -0.4 is 15.2 Å². The van der Waals surface area contributed by atoms with E-state index in [9.17, 15) is 4.79 Å². The summed E-state index contributed by atoms with van der Waals surface area (Å²) < 4.78 is 15.7. The maximum absolute atomic E-state index is 11.5. The minimum atomic E-state index is -0.475. The van der Waals surface area contributed by atoms with Crippen molar-refractivity contribution >= 4 is 11.7 Å². The Morgan fingerprint density at radius 3 is 2.42 bits per heavy atom. The average molecular weight is 267 g/mol. The Balaban J connectivity index is 2.45. The number of carbonyl (C=O) groups excluding carboxylic acids is 1. The van der Waals surface area contributed by atoms with Gasteiger partial charge in [0.25, 0.3) is 0 Å². The van der Waals surface area contributed by atoms with Crippen molar-refractivity contribution in [2.45, 2.75) is 32.8 Å². The standard InChI is InChI=1S/C14H21NO4/c1-14(2,3)19-13(16)5-6-18-12-8-10(15)7-11(9-12)17-4/h7-9H,5-6,15H2,1-4H3. The molecule has 0 bridgehead atoms. The van der Waals surface area contributed by atoms with Crippen LogP contribution in [0, 0.1) is 0 Å². The van der Waals surface area contributed by atoms with Crippen molar-refractivity contribution in [2.75, 3.05) is 19.5 Å². The fraction of sp³-hybridized carbons (Fsp3) is 0.500. The van der Waals surface area contributed by atoms with Gasteiger partial charge >= 0.3 is 5.97 Å². The highest BCUT2D eigenvalue weighted by molar-refractivity contribution is 5.70. The number of carbonyl (C=O) groups is 1. The second-order valence-electron chi connectivity index (χ2n) is 5.13. The van der Waals surface area contributed by atoms with E-state index in [1.54, 1.807) is 25.3 Å². The highest BCUT2D eigenvalue weighted by atomic mass is 16.6. The monoisotopic (exact) mass is 267 g/mol. The zero-order chi connectivity index (χ0) is 14.5. The van der Waals surface area contributed by atoms with Crippen molar-refractivity contribution in [1.82, 2.24) is 0 Å². The molecule has 0 unspecified atom stereocenters. The molecule has 0 saturated carbocycles. The first-order valence-electron chi connectivity index (χ1n) is 6.09. The third kappa shape index (κ3) is 5.99. The van der Waals surface area contributed by atoms with Crippen LogP contribution in [0.5, 0.6) is 11.5 Å². The van der Waals surface area contributed by atoms with Gasteiger partial charge in [-0.3, -0.25) is 4.79 Å². The topological polar surface area (TPSA) is 70.8 Å². The molecule has 5 heteroatoms. The maximum atomic E-state index is 11.5. The Kier molecular flexibility index (Phi) is 5.03. The third-order valence-corrected chi connectivity index (χ3v) is 2.13. The third-order valence-electron chi connectivity index (χ3n) is 2.13. The van der Waals surface area contributed by atoms with Crippen LogP contribution in [0.3, 0.4) is 0 Å². The van der Waals surface area contributed by atoms with Crippen molar-refractivity contribution in [3.8, 4) is 11.5 Å². The molecule has 0 aromatic heterocycles. The van der Waals surface area contributed by atoms with Gasteiger partial charge in [-0.15, -0.1) is 0 Å². The van der Waals surface area contributed by atoms with Crippen LogP contribution >= 0.6 is 0 Å². The number of benzene rings is 1. The first-order valence-corrected chi connectivity index (χ1v) is 6.09. The van der Waals surface area contributed by atoms with E-state index in [-0.39, 0.29) is 19.0 Å². The van der Waals surface area contributed by atoms with Crippen molar-refractivity contribution in [3.63, 3.8) is 0 Å². The van der Waals surface area contributed by atoms with Gasteiger partial charge in [0.15, 0.2) is 0 Å². The molecular weight excluding hydrogens is 246 g/mol. The fourth-order valence-corrected chi connectivity index (χ4v) is 1.44. The number of ether oxygens (including phenoxy) is 3. The van der Waals surface area contributed by atoms with Crippen LogP contribution in [0.1, 0.15) is 27.2 Å². The maximum Gasteiger partial charge on any atom is 0.309 e. The summed E-state index contributed by atoms with van der Waals surface area (Å²) in [6, 6.07) is 5.09. The van der Waals surface area contributed by atoms with E-state index in [0.29, 0.717) is 17.2 Å². The fourth-order valence-electron chi connectivity index (χ4n) is 1.44. The Bertz CT molecular complexity index is 438. The lowest BCUT2D eigenvalue weighted by molar-refractivity contribution is -0.155. The molecule has 1 rings (SSSR count). The number of anilines is 1. The predicted molar refractivity (Wildman–Crippen MR) is 73.4 cm³/mol. The lowest BCUT2D eigenvalue weighted by atomic mass is 10.2. The normalized spacial score (nSPS) is 10.9. The van der Waals surface area contributed by atoms with E-state index in [2.05, 4.69) is 0 Å². The van der Waals surface area contributed by atoms with Gasteiger partial charge in [0, 0.05) is 23.9 Å². The van der Waals surface area contributed by atoms with Gasteiger partial charge in [0.2, 0.25) is 0 Å². The van der Waals surface area contributed by atoms with Crippen LogP contribution in [0.2, 0.25) is 0 Å². The van der Waals surface area contributed by atoms with Crippen molar-refractivity contribution in [3.05, 3.63) is 18.2 Å². The summed E-state index contributed by atoms with van der Waals surface area (Å²) in [4.78, 5) is 11.5. The zero-order valence-corrected chi connectivity index (χ0v) is 11.9. The number of hydrogen-bond donors (Lipinski definition) is 1. The molecule has 19 heavy (non-hydrogen) atoms. The number of hydrogen-bond acceptors (Lipinski definition) is 5. The smallest absolute Gasteiger partial charge is 0.309 e. The molecular formula is C14H21NO4. The summed E-state index contributed by atoms with van der Waals surface area (Å²) in [5, 5.41) is 0. The highest BCUT2D eigenvalue weighted by Crippen LogP contribution is 2.24. The number of esters is 1.